The lowest BCUT2D eigenvalue weighted by atomic mass is 10.3. The van der Waals surface area contributed by atoms with Gasteiger partial charge in [-0.05, 0) is 49.6 Å². The van der Waals surface area contributed by atoms with Crippen LogP contribution in [0.1, 0.15) is 21.6 Å². The van der Waals surface area contributed by atoms with Gasteiger partial charge >= 0.3 is 0 Å². The number of benzene rings is 1. The molecule has 3 aromatic rings. The molecule has 0 spiro atoms. The Hall–Kier alpha value is -2.23. The zero-order valence-corrected chi connectivity index (χ0v) is 16.5. The average molecular weight is 405 g/mol. The van der Waals surface area contributed by atoms with E-state index >= 15 is 0 Å². The van der Waals surface area contributed by atoms with Gasteiger partial charge in [0.2, 0.25) is 11.0 Å². The number of amides is 2. The number of aryl methyl sites for hydroxylation is 1. The molecule has 26 heavy (non-hydrogen) atoms. The molecule has 2 N–H and O–H groups in total. The summed E-state index contributed by atoms with van der Waals surface area (Å²) < 4.78 is 0. The number of nitrogens with one attached hydrogen (secondary N) is 2. The molecule has 3 rings (SSSR count). The predicted molar refractivity (Wildman–Crippen MR) is 107 cm³/mol. The van der Waals surface area contributed by atoms with Gasteiger partial charge in [-0.1, -0.05) is 17.4 Å². The van der Waals surface area contributed by atoms with Crippen LogP contribution in [0, 0.1) is 6.92 Å². The molecule has 1 unspecified atom stereocenters. The zero-order chi connectivity index (χ0) is 18.5. The molecule has 0 aliphatic carbocycles. The van der Waals surface area contributed by atoms with Crippen molar-refractivity contribution in [1.82, 2.24) is 10.2 Å². The first-order valence-electron chi connectivity index (χ1n) is 7.74. The molecule has 0 saturated heterocycles. The number of hydrogen-bond donors (Lipinski definition) is 2. The molecule has 1 atom stereocenters. The van der Waals surface area contributed by atoms with Crippen molar-refractivity contribution in [3.8, 4) is 0 Å². The van der Waals surface area contributed by atoms with E-state index in [1.54, 1.807) is 6.07 Å². The summed E-state index contributed by atoms with van der Waals surface area (Å²) in [4.78, 5) is 25.9. The number of carbonyl (C=O) groups excluding carboxylic acids is 2. The minimum Gasteiger partial charge on any atom is -0.321 e. The molecular weight excluding hydrogens is 388 g/mol. The molecule has 9 heteroatoms. The predicted octanol–water partition coefficient (Wildman–Crippen LogP) is 4.28. The van der Waals surface area contributed by atoms with Crippen LogP contribution in [-0.2, 0) is 4.79 Å². The van der Waals surface area contributed by atoms with Crippen molar-refractivity contribution in [2.24, 2.45) is 0 Å². The Labute approximate surface area is 163 Å². The van der Waals surface area contributed by atoms with E-state index in [4.69, 9.17) is 0 Å². The Morgan fingerprint density at radius 2 is 1.88 bits per heavy atom. The van der Waals surface area contributed by atoms with E-state index in [0.717, 1.165) is 9.90 Å². The molecular formula is C17H16N4O2S3. The Balaban J connectivity index is 1.54. The lowest BCUT2D eigenvalue weighted by Crippen LogP contribution is -2.22. The van der Waals surface area contributed by atoms with Gasteiger partial charge < -0.3 is 5.32 Å². The summed E-state index contributed by atoms with van der Waals surface area (Å²) in [6.45, 7) is 3.67. The second kappa shape index (κ2) is 8.43. The number of hydrogen-bond acceptors (Lipinski definition) is 7. The molecule has 0 fully saturated rings. The monoisotopic (exact) mass is 404 g/mol. The Kier molecular flexibility index (Phi) is 6.02. The number of aromatic nitrogens is 2. The van der Waals surface area contributed by atoms with Crippen LogP contribution in [0.2, 0.25) is 0 Å². The van der Waals surface area contributed by atoms with E-state index in [9.17, 15) is 9.59 Å². The maximum Gasteiger partial charge on any atom is 0.265 e. The van der Waals surface area contributed by atoms with Gasteiger partial charge in [0.15, 0.2) is 0 Å². The topological polar surface area (TPSA) is 84.0 Å². The second-order valence-electron chi connectivity index (χ2n) is 5.33. The van der Waals surface area contributed by atoms with Crippen molar-refractivity contribution in [2.45, 2.75) is 24.0 Å². The molecule has 0 saturated carbocycles. The third-order valence-electron chi connectivity index (χ3n) is 3.30. The van der Waals surface area contributed by atoms with Gasteiger partial charge in [-0.3, -0.25) is 14.9 Å². The molecule has 134 valence electrons. The van der Waals surface area contributed by atoms with Gasteiger partial charge in [-0.15, -0.1) is 33.3 Å². The maximum absolute atomic E-state index is 12.2. The Morgan fingerprint density at radius 3 is 2.50 bits per heavy atom. The quantitative estimate of drug-likeness (QED) is 0.599. The van der Waals surface area contributed by atoms with E-state index in [-0.39, 0.29) is 17.1 Å². The summed E-state index contributed by atoms with van der Waals surface area (Å²) in [5, 5.41) is 16.3. The fourth-order valence-electron chi connectivity index (χ4n) is 2.03. The van der Waals surface area contributed by atoms with E-state index in [1.165, 1.54) is 34.4 Å². The number of carbonyl (C=O) groups is 2. The van der Waals surface area contributed by atoms with Crippen LogP contribution in [0.3, 0.4) is 0 Å². The van der Waals surface area contributed by atoms with Crippen molar-refractivity contribution in [2.75, 3.05) is 10.6 Å². The fourth-order valence-corrected chi connectivity index (χ4v) is 4.11. The summed E-state index contributed by atoms with van der Waals surface area (Å²) >= 11 is 4.18. The number of anilines is 2. The summed E-state index contributed by atoms with van der Waals surface area (Å²) in [6.07, 6.45) is 0. The molecule has 0 bridgehead atoms. The van der Waals surface area contributed by atoms with Gasteiger partial charge in [0.25, 0.3) is 5.91 Å². The molecule has 0 aliphatic heterocycles. The molecule has 0 radical (unpaired) electrons. The van der Waals surface area contributed by atoms with Crippen molar-refractivity contribution in [3.05, 3.63) is 51.7 Å². The number of thioether (sulfide) groups is 1. The van der Waals surface area contributed by atoms with Crippen molar-refractivity contribution in [3.63, 3.8) is 0 Å². The molecule has 6 nitrogen and oxygen atoms in total. The molecule has 2 heterocycles. The highest BCUT2D eigenvalue weighted by molar-refractivity contribution is 8.00. The molecule has 0 aliphatic rings. The summed E-state index contributed by atoms with van der Waals surface area (Å²) in [6, 6.07) is 11.0. The van der Waals surface area contributed by atoms with Crippen LogP contribution in [0.25, 0.3) is 0 Å². The smallest absolute Gasteiger partial charge is 0.265 e. The first-order chi connectivity index (χ1) is 12.5. The van der Waals surface area contributed by atoms with E-state index in [0.29, 0.717) is 15.7 Å². The van der Waals surface area contributed by atoms with Crippen molar-refractivity contribution < 1.29 is 9.59 Å². The largest absolute Gasteiger partial charge is 0.321 e. The SMILES string of the molecule is Cc1nnc(NC(=O)C(C)Sc2ccc(NC(=O)c3cccs3)cc2)s1. The third-order valence-corrected chi connectivity index (χ3v) is 6.03. The number of nitrogens with zero attached hydrogens (tertiary/aromatic N) is 2. The van der Waals surface area contributed by atoms with Gasteiger partial charge in [-0.25, -0.2) is 0 Å². The Bertz CT molecular complexity index is 891. The summed E-state index contributed by atoms with van der Waals surface area (Å²) in [5.41, 5.74) is 0.717. The first-order valence-corrected chi connectivity index (χ1v) is 10.3. The van der Waals surface area contributed by atoms with Gasteiger partial charge in [-0.2, -0.15) is 0 Å². The first kappa shape index (κ1) is 18.6. The number of rotatable bonds is 6. The highest BCUT2D eigenvalue weighted by atomic mass is 32.2. The zero-order valence-electron chi connectivity index (χ0n) is 14.1. The highest BCUT2D eigenvalue weighted by Crippen LogP contribution is 2.26. The number of thiophene rings is 1. The lowest BCUT2D eigenvalue weighted by molar-refractivity contribution is -0.115. The van der Waals surface area contributed by atoms with Crippen LogP contribution >= 0.6 is 34.4 Å². The normalized spacial score (nSPS) is 11.8. The molecule has 1 aromatic carbocycles. The van der Waals surface area contributed by atoms with Gasteiger partial charge in [0.05, 0.1) is 10.1 Å². The second-order valence-corrected chi connectivity index (χ2v) is 8.87. The Morgan fingerprint density at radius 1 is 1.12 bits per heavy atom. The van der Waals surface area contributed by atoms with Crippen LogP contribution in [0.4, 0.5) is 10.8 Å². The van der Waals surface area contributed by atoms with Crippen LogP contribution in [0.15, 0.2) is 46.7 Å². The van der Waals surface area contributed by atoms with Crippen LogP contribution in [0.5, 0.6) is 0 Å². The standard InChI is InChI=1S/C17H16N4O2S3/c1-10(15(22)19-17-21-20-11(2)26-17)25-13-7-5-12(6-8-13)18-16(23)14-4-3-9-24-14/h3-10H,1-2H3,(H,18,23)(H,19,21,22). The highest BCUT2D eigenvalue weighted by Gasteiger charge is 2.16. The van der Waals surface area contributed by atoms with Gasteiger partial charge in [0.1, 0.15) is 5.01 Å². The van der Waals surface area contributed by atoms with Crippen molar-refractivity contribution in [1.29, 1.82) is 0 Å². The van der Waals surface area contributed by atoms with Crippen LogP contribution < -0.4 is 10.6 Å². The van der Waals surface area contributed by atoms with E-state index < -0.39 is 0 Å². The average Bonchev–Trinajstić information content (AvgIpc) is 3.28. The maximum atomic E-state index is 12.2. The van der Waals surface area contributed by atoms with Gasteiger partial charge in [0, 0.05) is 10.6 Å². The van der Waals surface area contributed by atoms with E-state index in [1.807, 2.05) is 49.6 Å². The molecule has 2 amide bonds. The fraction of sp³-hybridized carbons (Fsp3) is 0.176. The third kappa shape index (κ3) is 4.90. The minimum atomic E-state index is -0.286. The van der Waals surface area contributed by atoms with Crippen molar-refractivity contribution >= 4 is 57.1 Å². The summed E-state index contributed by atoms with van der Waals surface area (Å²) in [7, 11) is 0. The summed E-state index contributed by atoms with van der Waals surface area (Å²) in [5.74, 6) is -0.248. The minimum absolute atomic E-state index is 0.124. The lowest BCUT2D eigenvalue weighted by Gasteiger charge is -2.11. The van der Waals surface area contributed by atoms with E-state index in [2.05, 4.69) is 20.8 Å². The molecule has 2 aromatic heterocycles. The van der Waals surface area contributed by atoms with Crippen LogP contribution in [-0.4, -0.2) is 27.3 Å².